The Kier molecular flexibility index (Phi) is 7.72. The number of hydrogen-bond donors (Lipinski definition) is 0. The van der Waals surface area contributed by atoms with Crippen molar-refractivity contribution in [2.24, 2.45) is 0 Å². The van der Waals surface area contributed by atoms with Gasteiger partial charge in [-0.2, -0.15) is 0 Å². The van der Waals surface area contributed by atoms with E-state index in [0.29, 0.717) is 17.6 Å². The van der Waals surface area contributed by atoms with Crippen molar-refractivity contribution in [3.05, 3.63) is 11.1 Å². The van der Waals surface area contributed by atoms with Gasteiger partial charge in [-0.25, -0.2) is 9.59 Å². The average Bonchev–Trinajstić information content (AvgIpc) is 2.74. The molecule has 5 heteroatoms. The summed E-state index contributed by atoms with van der Waals surface area (Å²) in [5.74, 6) is -1.55. The number of carbonyl (C=O) groups is 3. The highest BCUT2D eigenvalue weighted by atomic mass is 16.6. The van der Waals surface area contributed by atoms with E-state index in [4.69, 9.17) is 0 Å². The number of unbranched alkanes of at least 4 members (excludes halogenated alkanes) is 5. The van der Waals surface area contributed by atoms with Crippen LogP contribution in [0.4, 0.5) is 0 Å². The van der Waals surface area contributed by atoms with Gasteiger partial charge < -0.3 is 9.47 Å². The largest absolute Gasteiger partial charge is 0.469 e. The standard InChI is InChI=1S/C16H24O5/c1-3-4-5-6-7-8-9-12-13(10-11-14(17)20-2)16(19)21-15(12)18/h3-11H2,1-2H3. The van der Waals surface area contributed by atoms with Gasteiger partial charge in [0.25, 0.3) is 0 Å². The van der Waals surface area contributed by atoms with Gasteiger partial charge in [-0.3, -0.25) is 4.79 Å². The second-order valence-corrected chi connectivity index (χ2v) is 5.23. The number of methoxy groups -OCH3 is 1. The molecule has 5 nitrogen and oxygen atoms in total. The molecule has 0 fully saturated rings. The molecule has 0 spiro atoms. The summed E-state index contributed by atoms with van der Waals surface area (Å²) in [6, 6.07) is 0. The van der Waals surface area contributed by atoms with Crippen LogP contribution in [-0.2, 0) is 23.9 Å². The fourth-order valence-electron chi connectivity index (χ4n) is 2.37. The maximum absolute atomic E-state index is 11.7. The zero-order valence-corrected chi connectivity index (χ0v) is 12.9. The van der Waals surface area contributed by atoms with Gasteiger partial charge in [-0.1, -0.05) is 39.0 Å². The lowest BCUT2D eigenvalue weighted by atomic mass is 9.99. The van der Waals surface area contributed by atoms with E-state index >= 15 is 0 Å². The molecular formula is C16H24O5. The second-order valence-electron chi connectivity index (χ2n) is 5.23. The van der Waals surface area contributed by atoms with Gasteiger partial charge in [-0.15, -0.1) is 0 Å². The van der Waals surface area contributed by atoms with Gasteiger partial charge in [0.2, 0.25) is 0 Å². The van der Waals surface area contributed by atoms with Gasteiger partial charge >= 0.3 is 17.9 Å². The van der Waals surface area contributed by atoms with Crippen LogP contribution in [-0.4, -0.2) is 25.0 Å². The zero-order valence-electron chi connectivity index (χ0n) is 12.9. The van der Waals surface area contributed by atoms with E-state index in [1.807, 2.05) is 0 Å². The molecule has 0 aliphatic carbocycles. The normalized spacial score (nSPS) is 14.6. The summed E-state index contributed by atoms with van der Waals surface area (Å²) < 4.78 is 9.19. The number of rotatable bonds is 10. The van der Waals surface area contributed by atoms with E-state index in [9.17, 15) is 14.4 Å². The molecule has 0 unspecified atom stereocenters. The summed E-state index contributed by atoms with van der Waals surface area (Å²) in [6.07, 6.45) is 7.52. The lowest BCUT2D eigenvalue weighted by molar-refractivity contribution is -0.151. The van der Waals surface area contributed by atoms with Crippen LogP contribution in [0.25, 0.3) is 0 Å². The Labute approximate surface area is 125 Å². The first-order valence-electron chi connectivity index (χ1n) is 7.65. The Morgan fingerprint density at radius 3 is 2.14 bits per heavy atom. The highest BCUT2D eigenvalue weighted by Gasteiger charge is 2.32. The molecule has 0 bridgehead atoms. The van der Waals surface area contributed by atoms with Crippen molar-refractivity contribution in [3.63, 3.8) is 0 Å². The van der Waals surface area contributed by atoms with E-state index in [1.54, 1.807) is 0 Å². The monoisotopic (exact) mass is 296 g/mol. The van der Waals surface area contributed by atoms with Crippen molar-refractivity contribution >= 4 is 17.9 Å². The summed E-state index contributed by atoms with van der Waals surface area (Å²) in [7, 11) is 1.30. The summed E-state index contributed by atoms with van der Waals surface area (Å²) in [5, 5.41) is 0. The number of carbonyl (C=O) groups excluding carboxylic acids is 3. The van der Waals surface area contributed by atoms with Gasteiger partial charge in [0.15, 0.2) is 0 Å². The van der Waals surface area contributed by atoms with Crippen molar-refractivity contribution < 1.29 is 23.9 Å². The van der Waals surface area contributed by atoms with Crippen LogP contribution in [0.15, 0.2) is 11.1 Å². The molecule has 0 amide bonds. The molecule has 0 saturated carbocycles. The third kappa shape index (κ3) is 5.69. The Morgan fingerprint density at radius 1 is 0.952 bits per heavy atom. The summed E-state index contributed by atoms with van der Waals surface area (Å²) in [4.78, 5) is 34.4. The highest BCUT2D eigenvalue weighted by Crippen LogP contribution is 2.26. The molecule has 118 valence electrons. The van der Waals surface area contributed by atoms with Gasteiger partial charge in [0.1, 0.15) is 0 Å². The first-order valence-corrected chi connectivity index (χ1v) is 7.65. The van der Waals surface area contributed by atoms with E-state index in [-0.39, 0.29) is 12.8 Å². The fourth-order valence-corrected chi connectivity index (χ4v) is 2.37. The van der Waals surface area contributed by atoms with Crippen LogP contribution in [0, 0.1) is 0 Å². The van der Waals surface area contributed by atoms with Gasteiger partial charge in [-0.05, 0) is 19.3 Å². The fraction of sp³-hybridized carbons (Fsp3) is 0.688. The quantitative estimate of drug-likeness (QED) is 0.352. The number of hydrogen-bond acceptors (Lipinski definition) is 5. The third-order valence-corrected chi connectivity index (χ3v) is 3.63. The van der Waals surface area contributed by atoms with Crippen molar-refractivity contribution in [1.29, 1.82) is 0 Å². The molecule has 1 rings (SSSR count). The number of ether oxygens (including phenoxy) is 2. The number of cyclic esters (lactones) is 2. The minimum atomic E-state index is -0.607. The lowest BCUT2D eigenvalue weighted by Crippen LogP contribution is -2.05. The van der Waals surface area contributed by atoms with Gasteiger partial charge in [0, 0.05) is 17.6 Å². The molecule has 1 heterocycles. The van der Waals surface area contributed by atoms with Gasteiger partial charge in [0.05, 0.1) is 7.11 Å². The Hall–Kier alpha value is -1.65. The maximum Gasteiger partial charge on any atom is 0.342 e. The van der Waals surface area contributed by atoms with Crippen LogP contribution < -0.4 is 0 Å². The molecule has 0 aromatic carbocycles. The second kappa shape index (κ2) is 9.32. The van der Waals surface area contributed by atoms with Crippen molar-refractivity contribution in [3.8, 4) is 0 Å². The molecule has 0 N–H and O–H groups in total. The maximum atomic E-state index is 11.7. The van der Waals surface area contributed by atoms with Crippen molar-refractivity contribution in [1.82, 2.24) is 0 Å². The van der Waals surface area contributed by atoms with E-state index < -0.39 is 17.9 Å². The SMILES string of the molecule is CCCCCCCCC1=C(CCC(=O)OC)C(=O)OC1=O. The van der Waals surface area contributed by atoms with E-state index in [1.165, 1.54) is 26.4 Å². The minimum Gasteiger partial charge on any atom is -0.469 e. The molecule has 0 atom stereocenters. The molecule has 1 aliphatic heterocycles. The molecule has 21 heavy (non-hydrogen) atoms. The Balaban J connectivity index is 2.48. The van der Waals surface area contributed by atoms with Crippen LogP contribution >= 0.6 is 0 Å². The smallest absolute Gasteiger partial charge is 0.342 e. The predicted molar refractivity (Wildman–Crippen MR) is 77.4 cm³/mol. The van der Waals surface area contributed by atoms with Crippen LogP contribution in [0.1, 0.15) is 64.7 Å². The van der Waals surface area contributed by atoms with Crippen molar-refractivity contribution in [2.75, 3.05) is 7.11 Å². The van der Waals surface area contributed by atoms with Crippen LogP contribution in [0.5, 0.6) is 0 Å². The summed E-state index contributed by atoms with van der Waals surface area (Å²) in [6.45, 7) is 2.17. The molecular weight excluding hydrogens is 272 g/mol. The minimum absolute atomic E-state index is 0.0915. The molecule has 0 radical (unpaired) electrons. The van der Waals surface area contributed by atoms with Crippen LogP contribution in [0.3, 0.4) is 0 Å². The number of esters is 3. The lowest BCUT2D eigenvalue weighted by Gasteiger charge is -2.03. The average molecular weight is 296 g/mol. The molecule has 0 saturated heterocycles. The molecule has 1 aliphatic rings. The Morgan fingerprint density at radius 2 is 1.52 bits per heavy atom. The summed E-state index contributed by atoms with van der Waals surface area (Å²) in [5.41, 5.74) is 0.790. The summed E-state index contributed by atoms with van der Waals surface area (Å²) >= 11 is 0. The Bertz CT molecular complexity index is 422. The first-order chi connectivity index (χ1) is 10.1. The van der Waals surface area contributed by atoms with Crippen LogP contribution in [0.2, 0.25) is 0 Å². The van der Waals surface area contributed by atoms with Crippen molar-refractivity contribution in [2.45, 2.75) is 64.7 Å². The predicted octanol–water partition coefficient (Wildman–Crippen LogP) is 3.07. The topological polar surface area (TPSA) is 69.7 Å². The zero-order chi connectivity index (χ0) is 15.7. The highest BCUT2D eigenvalue weighted by molar-refractivity contribution is 6.12. The van der Waals surface area contributed by atoms with E-state index in [0.717, 1.165) is 19.3 Å². The third-order valence-electron chi connectivity index (χ3n) is 3.63. The van der Waals surface area contributed by atoms with E-state index in [2.05, 4.69) is 16.4 Å². The molecule has 0 aromatic heterocycles. The first kappa shape index (κ1) is 17.4. The molecule has 0 aromatic rings.